The molecule has 0 amide bonds. The van der Waals surface area contributed by atoms with E-state index in [2.05, 4.69) is 15.2 Å². The number of hydrogen-bond acceptors (Lipinski definition) is 5. The molecule has 0 aliphatic carbocycles. The van der Waals surface area contributed by atoms with E-state index in [-0.39, 0.29) is 23.4 Å². The van der Waals surface area contributed by atoms with Gasteiger partial charge in [0.15, 0.2) is 11.2 Å². The van der Waals surface area contributed by atoms with Gasteiger partial charge >= 0.3 is 5.97 Å². The number of carbonyl (C=O) groups is 1. The lowest BCUT2D eigenvalue weighted by Crippen LogP contribution is -2.14. The van der Waals surface area contributed by atoms with Gasteiger partial charge in [-0.3, -0.25) is 4.79 Å². The van der Waals surface area contributed by atoms with Crippen molar-refractivity contribution in [3.63, 3.8) is 0 Å². The van der Waals surface area contributed by atoms with E-state index in [4.69, 9.17) is 4.74 Å². The van der Waals surface area contributed by atoms with Gasteiger partial charge in [0, 0.05) is 5.56 Å². The predicted molar refractivity (Wildman–Crippen MR) is 59.0 cm³/mol. The number of rotatable bonds is 2. The Bertz CT molecular complexity index is 641. The van der Waals surface area contributed by atoms with Gasteiger partial charge in [0.05, 0.1) is 6.61 Å². The fourth-order valence-corrected chi connectivity index (χ4v) is 1.60. The van der Waals surface area contributed by atoms with Crippen molar-refractivity contribution >= 4 is 11.5 Å². The van der Waals surface area contributed by atoms with Crippen molar-refractivity contribution in [1.29, 1.82) is 0 Å². The summed E-state index contributed by atoms with van der Waals surface area (Å²) in [4.78, 5) is 25.9. The van der Waals surface area contributed by atoms with Gasteiger partial charge in [-0.15, -0.1) is 14.8 Å². The van der Waals surface area contributed by atoms with Crippen LogP contribution < -0.4 is 5.56 Å². The maximum Gasteiger partial charge on any atom is 0.359 e. The minimum Gasteiger partial charge on any atom is -0.461 e. The van der Waals surface area contributed by atoms with E-state index in [0.29, 0.717) is 11.4 Å². The summed E-state index contributed by atoms with van der Waals surface area (Å²) in [6, 6.07) is 0. The molecule has 0 saturated carbocycles. The van der Waals surface area contributed by atoms with Gasteiger partial charge in [0.1, 0.15) is 5.82 Å². The molecule has 0 aliphatic rings. The Labute approximate surface area is 96.4 Å². The largest absolute Gasteiger partial charge is 0.461 e. The van der Waals surface area contributed by atoms with E-state index in [0.717, 1.165) is 4.63 Å². The monoisotopic (exact) mass is 236 g/mol. The number of fused-ring (bicyclic) bond motifs is 1. The smallest absolute Gasteiger partial charge is 0.359 e. The van der Waals surface area contributed by atoms with Crippen LogP contribution in [0.5, 0.6) is 0 Å². The van der Waals surface area contributed by atoms with Crippen LogP contribution in [0.1, 0.15) is 28.8 Å². The van der Waals surface area contributed by atoms with E-state index in [1.165, 1.54) is 0 Å². The van der Waals surface area contributed by atoms with Crippen molar-refractivity contribution in [3.8, 4) is 0 Å². The number of aromatic amines is 1. The number of aromatic nitrogens is 4. The molecule has 2 rings (SSSR count). The van der Waals surface area contributed by atoms with Crippen molar-refractivity contribution < 1.29 is 9.53 Å². The van der Waals surface area contributed by atoms with Crippen LogP contribution in [0.3, 0.4) is 0 Å². The highest BCUT2D eigenvalue weighted by Gasteiger charge is 2.19. The summed E-state index contributed by atoms with van der Waals surface area (Å²) in [7, 11) is 0. The lowest BCUT2D eigenvalue weighted by atomic mass is 10.2. The van der Waals surface area contributed by atoms with E-state index in [9.17, 15) is 9.59 Å². The number of nitrogens with zero attached hydrogens (tertiary/aromatic N) is 3. The number of ether oxygens (including phenoxy) is 1. The first kappa shape index (κ1) is 11.3. The Morgan fingerprint density at radius 3 is 2.76 bits per heavy atom. The van der Waals surface area contributed by atoms with Gasteiger partial charge in [-0.1, -0.05) is 0 Å². The topological polar surface area (TPSA) is 89.3 Å². The molecule has 1 N–H and O–H groups in total. The molecule has 0 unspecified atom stereocenters. The number of aryl methyl sites for hydroxylation is 2. The molecular formula is C10H12N4O3. The van der Waals surface area contributed by atoms with Gasteiger partial charge < -0.3 is 9.72 Å². The molecule has 0 aromatic carbocycles. The van der Waals surface area contributed by atoms with Gasteiger partial charge in [0.25, 0.3) is 5.56 Å². The van der Waals surface area contributed by atoms with Crippen LogP contribution in [-0.4, -0.2) is 32.4 Å². The van der Waals surface area contributed by atoms with Crippen LogP contribution in [0.2, 0.25) is 0 Å². The normalized spacial score (nSPS) is 10.8. The summed E-state index contributed by atoms with van der Waals surface area (Å²) < 4.78 is 6.02. The SMILES string of the molecule is CCOC(=O)c1nn2nc(C)[nH]c(=O)c2c1C. The number of carbonyl (C=O) groups excluding carboxylic acids is 1. The molecule has 0 bridgehead atoms. The maximum absolute atomic E-state index is 11.7. The first-order valence-corrected chi connectivity index (χ1v) is 5.18. The molecule has 0 fully saturated rings. The maximum atomic E-state index is 11.7. The van der Waals surface area contributed by atoms with Gasteiger partial charge in [-0.05, 0) is 20.8 Å². The zero-order chi connectivity index (χ0) is 12.6. The van der Waals surface area contributed by atoms with Crippen molar-refractivity contribution in [2.24, 2.45) is 0 Å². The van der Waals surface area contributed by atoms with Crippen molar-refractivity contribution in [2.75, 3.05) is 6.61 Å². The Balaban J connectivity index is 2.69. The second-order valence-electron chi connectivity index (χ2n) is 3.57. The quantitative estimate of drug-likeness (QED) is 0.753. The second kappa shape index (κ2) is 4.00. The summed E-state index contributed by atoms with van der Waals surface area (Å²) >= 11 is 0. The zero-order valence-corrected chi connectivity index (χ0v) is 9.77. The molecule has 2 heterocycles. The van der Waals surface area contributed by atoms with Crippen LogP contribution in [0.15, 0.2) is 4.79 Å². The second-order valence-corrected chi connectivity index (χ2v) is 3.57. The van der Waals surface area contributed by atoms with E-state index in [1.54, 1.807) is 20.8 Å². The number of H-pyrrole nitrogens is 1. The number of esters is 1. The van der Waals surface area contributed by atoms with E-state index < -0.39 is 5.97 Å². The van der Waals surface area contributed by atoms with Crippen LogP contribution in [0.4, 0.5) is 0 Å². The molecule has 0 aliphatic heterocycles. The van der Waals surface area contributed by atoms with E-state index >= 15 is 0 Å². The van der Waals surface area contributed by atoms with Gasteiger partial charge in [-0.25, -0.2) is 4.79 Å². The zero-order valence-electron chi connectivity index (χ0n) is 9.77. The standard InChI is InChI=1S/C10H12N4O3/c1-4-17-10(16)7-5(2)8-9(15)11-6(3)12-14(8)13-7/h4H2,1-3H3,(H,11,12,15). The van der Waals surface area contributed by atoms with Gasteiger partial charge in [0.2, 0.25) is 0 Å². The van der Waals surface area contributed by atoms with Crippen LogP contribution in [0, 0.1) is 13.8 Å². The van der Waals surface area contributed by atoms with E-state index in [1.807, 2.05) is 0 Å². The lowest BCUT2D eigenvalue weighted by Gasteiger charge is -1.97. The molecule has 0 saturated heterocycles. The number of hydrogen-bond donors (Lipinski definition) is 1. The molecule has 17 heavy (non-hydrogen) atoms. The molecule has 0 spiro atoms. The highest BCUT2D eigenvalue weighted by molar-refractivity contribution is 5.91. The molecule has 2 aromatic rings. The van der Waals surface area contributed by atoms with Crippen molar-refractivity contribution in [3.05, 3.63) is 27.4 Å². The molecular weight excluding hydrogens is 224 g/mol. The fourth-order valence-electron chi connectivity index (χ4n) is 1.60. The summed E-state index contributed by atoms with van der Waals surface area (Å²) in [6.07, 6.45) is 0. The first-order valence-electron chi connectivity index (χ1n) is 5.18. The third kappa shape index (κ3) is 1.79. The first-order chi connectivity index (χ1) is 8.04. The van der Waals surface area contributed by atoms with Crippen molar-refractivity contribution in [1.82, 2.24) is 19.8 Å². The summed E-state index contributed by atoms with van der Waals surface area (Å²) in [5.74, 6) is -0.118. The Kier molecular flexibility index (Phi) is 2.66. The third-order valence-corrected chi connectivity index (χ3v) is 2.33. The minimum absolute atomic E-state index is 0.121. The number of nitrogens with one attached hydrogen (secondary N) is 1. The Hall–Kier alpha value is -2.18. The van der Waals surface area contributed by atoms with Crippen LogP contribution in [-0.2, 0) is 4.74 Å². The molecule has 7 heteroatoms. The Morgan fingerprint density at radius 1 is 1.41 bits per heavy atom. The average molecular weight is 236 g/mol. The summed E-state index contributed by atoms with van der Waals surface area (Å²) in [5.41, 5.74) is 0.532. The minimum atomic E-state index is -0.549. The Morgan fingerprint density at radius 2 is 2.12 bits per heavy atom. The highest BCUT2D eigenvalue weighted by atomic mass is 16.5. The fraction of sp³-hybridized carbons (Fsp3) is 0.400. The molecule has 7 nitrogen and oxygen atoms in total. The highest BCUT2D eigenvalue weighted by Crippen LogP contribution is 2.11. The van der Waals surface area contributed by atoms with Gasteiger partial charge in [-0.2, -0.15) is 0 Å². The average Bonchev–Trinajstić information content (AvgIpc) is 2.56. The third-order valence-electron chi connectivity index (χ3n) is 2.33. The lowest BCUT2D eigenvalue weighted by molar-refractivity contribution is 0.0518. The van der Waals surface area contributed by atoms with Crippen LogP contribution >= 0.6 is 0 Å². The summed E-state index contributed by atoms with van der Waals surface area (Å²) in [6.45, 7) is 5.25. The van der Waals surface area contributed by atoms with Crippen LogP contribution in [0.25, 0.3) is 5.52 Å². The molecule has 0 atom stereocenters. The summed E-state index contributed by atoms with van der Waals surface area (Å²) in [5, 5.41) is 7.97. The van der Waals surface area contributed by atoms with Crippen molar-refractivity contribution in [2.45, 2.75) is 20.8 Å². The molecule has 90 valence electrons. The molecule has 0 radical (unpaired) electrons. The molecule has 2 aromatic heterocycles. The predicted octanol–water partition coefficient (Wildman–Crippen LogP) is 0.211.